The Hall–Kier alpha value is -3.07. The van der Waals surface area contributed by atoms with E-state index in [1.54, 1.807) is 69.3 Å². The van der Waals surface area contributed by atoms with Gasteiger partial charge in [0.15, 0.2) is 0 Å². The molecule has 10 heteroatoms. The van der Waals surface area contributed by atoms with E-state index in [9.17, 15) is 27.6 Å². The summed E-state index contributed by atoms with van der Waals surface area (Å²) < 4.78 is 37.7. The highest BCUT2D eigenvalue weighted by atomic mass is 35.5. The topological polar surface area (TPSA) is 78.5 Å². The van der Waals surface area contributed by atoms with Gasteiger partial charge >= 0.3 is 6.18 Å². The Bertz CT molecular complexity index is 1110. The fourth-order valence-corrected chi connectivity index (χ4v) is 4.27. The Kier molecular flexibility index (Phi) is 8.33. The monoisotopic (exact) mass is 523 g/mol. The number of hydrogen-bond donors (Lipinski definition) is 2. The third kappa shape index (κ3) is 7.00. The summed E-state index contributed by atoms with van der Waals surface area (Å²) in [5.74, 6) is -1.59. The first-order valence-corrected chi connectivity index (χ1v) is 12.0. The normalized spacial score (nSPS) is 16.5. The predicted molar refractivity (Wildman–Crippen MR) is 130 cm³/mol. The molecule has 1 heterocycles. The molecule has 194 valence electrons. The van der Waals surface area contributed by atoms with E-state index >= 15 is 0 Å². The van der Waals surface area contributed by atoms with Crippen LogP contribution in [0.5, 0.6) is 0 Å². The molecule has 0 bridgehead atoms. The standard InChI is InChI=1S/C26H29ClF3N3O3/c1-25(2,3)32-23(35)21-18-7-4-5-8-19(18)24(36)33(21)20(15-16-9-11-17(27)12-10-16)22(34)31-14-6-13-26(28,29)30/h4-5,7-12,20-21H,6,13-15H2,1-3H3,(H,31,34)(H,32,35). The summed E-state index contributed by atoms with van der Waals surface area (Å²) in [6, 6.07) is 11.1. The average Bonchev–Trinajstić information content (AvgIpc) is 3.07. The molecule has 0 radical (unpaired) electrons. The molecule has 2 aromatic rings. The van der Waals surface area contributed by atoms with Crippen molar-refractivity contribution < 1.29 is 27.6 Å². The second-order valence-electron chi connectivity index (χ2n) is 9.80. The molecule has 0 saturated heterocycles. The van der Waals surface area contributed by atoms with E-state index in [-0.39, 0.29) is 19.4 Å². The summed E-state index contributed by atoms with van der Waals surface area (Å²) in [7, 11) is 0. The van der Waals surface area contributed by atoms with Crippen molar-refractivity contribution in [2.45, 2.75) is 63.8 Å². The molecule has 1 aliphatic rings. The van der Waals surface area contributed by atoms with Crippen LogP contribution in [-0.2, 0) is 16.0 Å². The number of rotatable bonds is 8. The van der Waals surface area contributed by atoms with Crippen LogP contribution in [-0.4, -0.2) is 46.9 Å². The maximum absolute atomic E-state index is 13.5. The number of carbonyl (C=O) groups excluding carboxylic acids is 3. The minimum absolute atomic E-state index is 0.0430. The Labute approximate surface area is 213 Å². The lowest BCUT2D eigenvalue weighted by atomic mass is 9.99. The molecule has 1 aliphatic heterocycles. The zero-order chi connectivity index (χ0) is 26.7. The number of amides is 3. The van der Waals surface area contributed by atoms with Crippen molar-refractivity contribution in [3.05, 3.63) is 70.2 Å². The lowest BCUT2D eigenvalue weighted by Crippen LogP contribution is -2.54. The summed E-state index contributed by atoms with van der Waals surface area (Å²) in [6.45, 7) is 5.19. The number of hydrogen-bond acceptors (Lipinski definition) is 3. The number of alkyl halides is 3. The minimum atomic E-state index is -4.34. The number of benzene rings is 2. The van der Waals surface area contributed by atoms with Gasteiger partial charge in [-0.1, -0.05) is 41.9 Å². The third-order valence-electron chi connectivity index (χ3n) is 5.66. The number of halogens is 4. The Morgan fingerprint density at radius 2 is 1.69 bits per heavy atom. The van der Waals surface area contributed by atoms with E-state index in [0.29, 0.717) is 21.7 Å². The number of fused-ring (bicyclic) bond motifs is 1. The summed E-state index contributed by atoms with van der Waals surface area (Å²) in [5.41, 5.74) is 0.843. The molecule has 0 spiro atoms. The van der Waals surface area contributed by atoms with E-state index < -0.39 is 47.9 Å². The van der Waals surface area contributed by atoms with Gasteiger partial charge in [0.05, 0.1) is 0 Å². The SMILES string of the molecule is CC(C)(C)NC(=O)C1c2ccccc2C(=O)N1C(Cc1ccc(Cl)cc1)C(=O)NCCCC(F)(F)F. The second-order valence-corrected chi connectivity index (χ2v) is 10.2. The summed E-state index contributed by atoms with van der Waals surface area (Å²) >= 11 is 5.98. The first kappa shape index (κ1) is 27.5. The van der Waals surface area contributed by atoms with Crippen LogP contribution in [0.1, 0.15) is 61.1 Å². The van der Waals surface area contributed by atoms with Crippen LogP contribution in [0.3, 0.4) is 0 Å². The van der Waals surface area contributed by atoms with Crippen LogP contribution in [0.4, 0.5) is 13.2 Å². The van der Waals surface area contributed by atoms with E-state index in [4.69, 9.17) is 11.6 Å². The van der Waals surface area contributed by atoms with E-state index in [2.05, 4.69) is 10.6 Å². The minimum Gasteiger partial charge on any atom is -0.354 e. The molecule has 2 unspecified atom stereocenters. The van der Waals surface area contributed by atoms with Gasteiger partial charge in [-0.05, 0) is 56.5 Å². The molecule has 0 aliphatic carbocycles. The largest absolute Gasteiger partial charge is 0.389 e. The maximum atomic E-state index is 13.5. The van der Waals surface area contributed by atoms with Gasteiger partial charge in [0.2, 0.25) is 11.8 Å². The number of carbonyl (C=O) groups is 3. The highest BCUT2D eigenvalue weighted by Crippen LogP contribution is 2.37. The molecule has 3 rings (SSSR count). The average molecular weight is 524 g/mol. The van der Waals surface area contributed by atoms with E-state index in [0.717, 1.165) is 0 Å². The van der Waals surface area contributed by atoms with Gasteiger partial charge in [-0.25, -0.2) is 0 Å². The summed E-state index contributed by atoms with van der Waals surface area (Å²) in [5, 5.41) is 5.89. The Morgan fingerprint density at radius 3 is 2.31 bits per heavy atom. The Morgan fingerprint density at radius 1 is 1.06 bits per heavy atom. The van der Waals surface area contributed by atoms with Crippen LogP contribution < -0.4 is 10.6 Å². The molecule has 3 amide bonds. The van der Waals surface area contributed by atoms with Crippen molar-refractivity contribution in [1.82, 2.24) is 15.5 Å². The molecule has 2 N–H and O–H groups in total. The number of nitrogens with one attached hydrogen (secondary N) is 2. The molecule has 2 aromatic carbocycles. The molecule has 0 saturated carbocycles. The molecule has 36 heavy (non-hydrogen) atoms. The van der Waals surface area contributed by atoms with Gasteiger partial charge in [-0.2, -0.15) is 13.2 Å². The first-order valence-electron chi connectivity index (χ1n) is 11.6. The second kappa shape index (κ2) is 10.9. The van der Waals surface area contributed by atoms with Crippen molar-refractivity contribution >= 4 is 29.3 Å². The van der Waals surface area contributed by atoms with Crippen LogP contribution in [0.15, 0.2) is 48.5 Å². The van der Waals surface area contributed by atoms with Crippen LogP contribution in [0.2, 0.25) is 5.02 Å². The molecular formula is C26H29ClF3N3O3. The molecule has 0 aromatic heterocycles. The van der Waals surface area contributed by atoms with Gasteiger partial charge in [-0.15, -0.1) is 0 Å². The third-order valence-corrected chi connectivity index (χ3v) is 5.91. The summed E-state index contributed by atoms with van der Waals surface area (Å²) in [6.07, 6.45) is -5.64. The zero-order valence-corrected chi connectivity index (χ0v) is 21.0. The van der Waals surface area contributed by atoms with Gasteiger partial charge < -0.3 is 15.5 Å². The van der Waals surface area contributed by atoms with Crippen molar-refractivity contribution in [1.29, 1.82) is 0 Å². The smallest absolute Gasteiger partial charge is 0.354 e. The van der Waals surface area contributed by atoms with Crippen molar-refractivity contribution in [3.8, 4) is 0 Å². The lowest BCUT2D eigenvalue weighted by Gasteiger charge is -2.34. The van der Waals surface area contributed by atoms with Gasteiger partial charge in [-0.3, -0.25) is 14.4 Å². The lowest BCUT2D eigenvalue weighted by molar-refractivity contribution is -0.137. The van der Waals surface area contributed by atoms with E-state index in [1.807, 2.05) is 0 Å². The molecule has 2 atom stereocenters. The fourth-order valence-electron chi connectivity index (χ4n) is 4.14. The highest BCUT2D eigenvalue weighted by molar-refractivity contribution is 6.30. The fraction of sp³-hybridized carbons (Fsp3) is 0.423. The maximum Gasteiger partial charge on any atom is 0.389 e. The quantitative estimate of drug-likeness (QED) is 0.487. The van der Waals surface area contributed by atoms with Gasteiger partial charge in [0, 0.05) is 35.5 Å². The van der Waals surface area contributed by atoms with Gasteiger partial charge in [0.25, 0.3) is 5.91 Å². The molecule has 6 nitrogen and oxygen atoms in total. The van der Waals surface area contributed by atoms with Crippen LogP contribution in [0, 0.1) is 0 Å². The van der Waals surface area contributed by atoms with Crippen LogP contribution >= 0.6 is 11.6 Å². The molecular weight excluding hydrogens is 495 g/mol. The zero-order valence-electron chi connectivity index (χ0n) is 20.3. The predicted octanol–water partition coefficient (Wildman–Crippen LogP) is 4.82. The Balaban J connectivity index is 1.96. The van der Waals surface area contributed by atoms with Gasteiger partial charge in [0.1, 0.15) is 12.1 Å². The van der Waals surface area contributed by atoms with Crippen molar-refractivity contribution in [2.75, 3.05) is 6.54 Å². The van der Waals surface area contributed by atoms with Crippen LogP contribution in [0.25, 0.3) is 0 Å². The van der Waals surface area contributed by atoms with Crippen molar-refractivity contribution in [3.63, 3.8) is 0 Å². The highest BCUT2D eigenvalue weighted by Gasteiger charge is 2.47. The van der Waals surface area contributed by atoms with Crippen molar-refractivity contribution in [2.24, 2.45) is 0 Å². The number of nitrogens with zero attached hydrogens (tertiary/aromatic N) is 1. The first-order chi connectivity index (χ1) is 16.8. The summed E-state index contributed by atoms with van der Waals surface area (Å²) in [4.78, 5) is 41.5. The molecule has 0 fully saturated rings. The van der Waals surface area contributed by atoms with E-state index in [1.165, 1.54) is 4.90 Å².